The summed E-state index contributed by atoms with van der Waals surface area (Å²) in [5.74, 6) is 0.756. The number of hydrogen-bond donors (Lipinski definition) is 3. The summed E-state index contributed by atoms with van der Waals surface area (Å²) < 4.78 is 1.82. The zero-order valence-corrected chi connectivity index (χ0v) is 11.1. The van der Waals surface area contributed by atoms with Gasteiger partial charge in [0, 0.05) is 20.3 Å². The molecule has 6 heteroatoms. The highest BCUT2D eigenvalue weighted by Crippen LogP contribution is 2.30. The first-order valence-electron chi connectivity index (χ1n) is 6.11. The molecule has 2 aromatic rings. The smallest absolute Gasteiger partial charge is 0.172 e. The van der Waals surface area contributed by atoms with Crippen molar-refractivity contribution in [3.05, 3.63) is 18.3 Å². The zero-order chi connectivity index (χ0) is 13.1. The zero-order valence-electron chi connectivity index (χ0n) is 11.1. The summed E-state index contributed by atoms with van der Waals surface area (Å²) in [4.78, 5) is 2.04. The fourth-order valence-corrected chi connectivity index (χ4v) is 1.93. The van der Waals surface area contributed by atoms with Gasteiger partial charge in [0.15, 0.2) is 5.82 Å². The van der Waals surface area contributed by atoms with Gasteiger partial charge in [-0.3, -0.25) is 0 Å². The number of rotatable bonds is 5. The molecular formula is C12H21N6+. The molecule has 0 fully saturated rings. The van der Waals surface area contributed by atoms with Crippen LogP contribution in [0, 0.1) is 0 Å². The van der Waals surface area contributed by atoms with E-state index in [-0.39, 0.29) is 0 Å². The van der Waals surface area contributed by atoms with E-state index in [4.69, 9.17) is 5.73 Å². The van der Waals surface area contributed by atoms with Gasteiger partial charge in [0.05, 0.1) is 25.8 Å². The minimum absolute atomic E-state index is 0.704. The third-order valence-corrected chi connectivity index (χ3v) is 2.88. The van der Waals surface area contributed by atoms with Gasteiger partial charge in [0.1, 0.15) is 11.2 Å². The molecule has 2 heterocycles. The quantitative estimate of drug-likeness (QED) is 0.630. The maximum absolute atomic E-state index is 6.18. The molecule has 0 aliphatic rings. The van der Waals surface area contributed by atoms with Crippen molar-refractivity contribution in [3.8, 4) is 0 Å². The number of fused-ring (bicyclic) bond motifs is 1. The van der Waals surface area contributed by atoms with Gasteiger partial charge in [-0.2, -0.15) is 0 Å². The van der Waals surface area contributed by atoms with Crippen LogP contribution >= 0.6 is 0 Å². The Hall–Kier alpha value is -1.95. The number of likely N-dealkylation sites (N-methyl/N-ethyl adjacent to an activating group) is 1. The third kappa shape index (κ3) is 2.19. The number of aromatic nitrogens is 2. The van der Waals surface area contributed by atoms with Crippen molar-refractivity contribution < 1.29 is 5.32 Å². The molecule has 6 nitrogen and oxygen atoms in total. The van der Waals surface area contributed by atoms with Gasteiger partial charge in [-0.05, 0) is 12.1 Å². The van der Waals surface area contributed by atoms with Crippen molar-refractivity contribution in [1.29, 1.82) is 0 Å². The molecule has 0 atom stereocenters. The van der Waals surface area contributed by atoms with Crippen LogP contribution in [0.15, 0.2) is 18.3 Å². The average Bonchev–Trinajstić information content (AvgIpc) is 2.67. The highest BCUT2D eigenvalue weighted by atomic mass is 15.3. The number of nitrogens with two attached hydrogens (primary N) is 2. The second-order valence-corrected chi connectivity index (χ2v) is 4.47. The van der Waals surface area contributed by atoms with Crippen LogP contribution in [0.2, 0.25) is 0 Å². The topological polar surface area (TPSA) is 75.2 Å². The Balaban J connectivity index is 2.40. The lowest BCUT2D eigenvalue weighted by molar-refractivity contribution is -0.623. The highest BCUT2D eigenvalue weighted by molar-refractivity contribution is 5.90. The van der Waals surface area contributed by atoms with E-state index in [9.17, 15) is 0 Å². The summed E-state index contributed by atoms with van der Waals surface area (Å²) in [6, 6.07) is 4.01. The van der Waals surface area contributed by atoms with Crippen LogP contribution in [0.3, 0.4) is 0 Å². The lowest BCUT2D eigenvalue weighted by Crippen LogP contribution is -2.81. The predicted octanol–water partition coefficient (Wildman–Crippen LogP) is -0.412. The van der Waals surface area contributed by atoms with E-state index in [0.29, 0.717) is 5.69 Å². The third-order valence-electron chi connectivity index (χ3n) is 2.88. The highest BCUT2D eigenvalue weighted by Gasteiger charge is 2.13. The second-order valence-electron chi connectivity index (χ2n) is 4.47. The van der Waals surface area contributed by atoms with Gasteiger partial charge in [-0.25, -0.2) is 4.52 Å². The molecule has 0 radical (unpaired) electrons. The molecule has 0 spiro atoms. The molecule has 0 bridgehead atoms. The minimum atomic E-state index is 0.704. The lowest BCUT2D eigenvalue weighted by Gasteiger charge is -2.13. The van der Waals surface area contributed by atoms with Gasteiger partial charge in [0.25, 0.3) is 0 Å². The van der Waals surface area contributed by atoms with E-state index in [1.54, 1.807) is 0 Å². The summed E-state index contributed by atoms with van der Waals surface area (Å²) >= 11 is 0. The Labute approximate surface area is 107 Å². The van der Waals surface area contributed by atoms with Crippen LogP contribution in [-0.4, -0.2) is 43.8 Å². The monoisotopic (exact) mass is 249 g/mol. The summed E-state index contributed by atoms with van der Waals surface area (Å²) in [5.41, 5.74) is 8.90. The predicted molar refractivity (Wildman–Crippen MR) is 75.1 cm³/mol. The van der Waals surface area contributed by atoms with Gasteiger partial charge in [-0.1, -0.05) is 0 Å². The Morgan fingerprint density at radius 1 is 1.50 bits per heavy atom. The van der Waals surface area contributed by atoms with E-state index in [1.807, 2.05) is 48.9 Å². The first kappa shape index (κ1) is 12.5. The Morgan fingerprint density at radius 3 is 2.94 bits per heavy atom. The number of pyridine rings is 1. The molecule has 2 aromatic heterocycles. The first-order valence-corrected chi connectivity index (χ1v) is 6.11. The van der Waals surface area contributed by atoms with E-state index in [0.717, 1.165) is 30.1 Å². The van der Waals surface area contributed by atoms with Crippen LogP contribution in [0.25, 0.3) is 5.52 Å². The standard InChI is InChI=1S/C12H20N6/c1-14-6-7-15-12-10(13)11-9(17(2)3)5-4-8-18(11)16-12/h4-5,8,14H,6-7,13H2,1-3H3,(H,15,16)/p+1. The summed E-state index contributed by atoms with van der Waals surface area (Å²) in [5, 5.41) is 9.85. The normalized spacial score (nSPS) is 10.8. The number of quaternary nitrogens is 1. The molecular weight excluding hydrogens is 228 g/mol. The molecule has 0 aliphatic carbocycles. The number of nitrogen functional groups attached to an aromatic ring is 1. The summed E-state index contributed by atoms with van der Waals surface area (Å²) in [7, 11) is 6.04. The maximum atomic E-state index is 6.18. The van der Waals surface area contributed by atoms with E-state index in [2.05, 4.69) is 15.7 Å². The van der Waals surface area contributed by atoms with Crippen molar-refractivity contribution in [3.63, 3.8) is 0 Å². The van der Waals surface area contributed by atoms with E-state index >= 15 is 0 Å². The lowest BCUT2D eigenvalue weighted by atomic mass is 10.3. The number of hydrogen-bond acceptors (Lipinski definition) is 4. The molecule has 2 rings (SSSR count). The summed E-state index contributed by atoms with van der Waals surface area (Å²) in [6.45, 7) is 1.84. The SMILES string of the molecule is C[NH2+]CCNc1nn2cccc(N(C)C)c2c1N. The Kier molecular flexibility index (Phi) is 3.57. The molecule has 98 valence electrons. The van der Waals surface area contributed by atoms with Crippen LogP contribution in [0.4, 0.5) is 17.2 Å². The van der Waals surface area contributed by atoms with Gasteiger partial charge >= 0.3 is 0 Å². The molecule has 0 saturated carbocycles. The minimum Gasteiger partial charge on any atom is -0.394 e. The van der Waals surface area contributed by atoms with Crippen molar-refractivity contribution >= 4 is 22.7 Å². The molecule has 0 aliphatic heterocycles. The van der Waals surface area contributed by atoms with Crippen LogP contribution in [-0.2, 0) is 0 Å². The average molecular weight is 249 g/mol. The molecule has 0 saturated heterocycles. The van der Waals surface area contributed by atoms with Gasteiger partial charge in [0.2, 0.25) is 0 Å². The maximum Gasteiger partial charge on any atom is 0.172 e. The molecule has 0 amide bonds. The van der Waals surface area contributed by atoms with Crippen LogP contribution < -0.4 is 21.3 Å². The fraction of sp³-hybridized carbons (Fsp3) is 0.417. The number of nitrogens with zero attached hydrogens (tertiary/aromatic N) is 3. The molecule has 5 N–H and O–H groups in total. The van der Waals surface area contributed by atoms with Crippen molar-refractivity contribution in [2.45, 2.75) is 0 Å². The Bertz CT molecular complexity index is 531. The van der Waals surface area contributed by atoms with Gasteiger partial charge in [-0.15, -0.1) is 5.10 Å². The molecule has 18 heavy (non-hydrogen) atoms. The van der Waals surface area contributed by atoms with Crippen molar-refractivity contribution in [1.82, 2.24) is 9.61 Å². The van der Waals surface area contributed by atoms with E-state index in [1.165, 1.54) is 0 Å². The van der Waals surface area contributed by atoms with E-state index < -0.39 is 0 Å². The number of anilines is 3. The molecule has 0 aromatic carbocycles. The van der Waals surface area contributed by atoms with Gasteiger partial charge < -0.3 is 21.3 Å². The molecule has 0 unspecified atom stereocenters. The van der Waals surface area contributed by atoms with Crippen LogP contribution in [0.1, 0.15) is 0 Å². The fourth-order valence-electron chi connectivity index (χ4n) is 1.93. The largest absolute Gasteiger partial charge is 0.394 e. The van der Waals surface area contributed by atoms with Crippen LogP contribution in [0.5, 0.6) is 0 Å². The van der Waals surface area contributed by atoms with Crippen molar-refractivity contribution in [2.24, 2.45) is 0 Å². The van der Waals surface area contributed by atoms with Crippen molar-refractivity contribution in [2.75, 3.05) is 50.2 Å². The Morgan fingerprint density at radius 2 is 2.28 bits per heavy atom. The summed E-state index contributed by atoms with van der Waals surface area (Å²) in [6.07, 6.45) is 1.91. The first-order chi connectivity index (χ1) is 8.65. The number of nitrogens with one attached hydrogen (secondary N) is 1. The second kappa shape index (κ2) is 5.14.